The van der Waals surface area contributed by atoms with E-state index in [1.165, 1.54) is 6.33 Å². The number of piperidine rings is 1. The van der Waals surface area contributed by atoms with Crippen LogP contribution in [0.1, 0.15) is 12.8 Å². The molecule has 0 bridgehead atoms. The molecule has 3 heterocycles. The van der Waals surface area contributed by atoms with Gasteiger partial charge >= 0.3 is 0 Å². The second-order valence-corrected chi connectivity index (χ2v) is 4.21. The molecule has 1 unspecified atom stereocenters. The van der Waals surface area contributed by atoms with Crippen LogP contribution in [0.25, 0.3) is 11.0 Å². The van der Waals surface area contributed by atoms with Gasteiger partial charge in [0.1, 0.15) is 17.4 Å². The summed E-state index contributed by atoms with van der Waals surface area (Å²) in [4.78, 5) is 18.7. The number of aromatic nitrogens is 4. The van der Waals surface area contributed by atoms with E-state index in [0.29, 0.717) is 12.5 Å². The zero-order valence-corrected chi connectivity index (χ0v) is 9.32. The van der Waals surface area contributed by atoms with Crippen molar-refractivity contribution in [1.29, 1.82) is 0 Å². The highest BCUT2D eigenvalue weighted by molar-refractivity contribution is 5.72. The van der Waals surface area contributed by atoms with Gasteiger partial charge in [-0.3, -0.25) is 0 Å². The minimum atomic E-state index is -0.282. The Bertz CT molecular complexity index is 532. The van der Waals surface area contributed by atoms with Crippen LogP contribution in [0.2, 0.25) is 0 Å². The van der Waals surface area contributed by atoms with E-state index in [4.69, 9.17) is 0 Å². The highest BCUT2D eigenvalue weighted by Crippen LogP contribution is 2.17. The fraction of sp³-hybridized carbons (Fsp3) is 0.455. The summed E-state index contributed by atoms with van der Waals surface area (Å²) >= 11 is 0. The zero-order chi connectivity index (χ0) is 11.7. The summed E-state index contributed by atoms with van der Waals surface area (Å²) in [6.07, 6.45) is 6.39. The summed E-state index contributed by atoms with van der Waals surface area (Å²) in [6, 6.07) is 0. The first kappa shape index (κ1) is 10.3. The SMILES string of the molecule is OC1CCCN(c2ncc3ncncc3n2)C1. The van der Waals surface area contributed by atoms with Crippen molar-refractivity contribution in [2.75, 3.05) is 18.0 Å². The van der Waals surface area contributed by atoms with Crippen LogP contribution < -0.4 is 4.90 Å². The molecule has 3 rings (SSSR count). The normalized spacial score (nSPS) is 20.8. The van der Waals surface area contributed by atoms with Crippen LogP contribution in [0.5, 0.6) is 0 Å². The van der Waals surface area contributed by atoms with E-state index in [1.54, 1.807) is 12.4 Å². The van der Waals surface area contributed by atoms with Crippen LogP contribution >= 0.6 is 0 Å². The molecule has 1 aliphatic heterocycles. The topological polar surface area (TPSA) is 75.0 Å². The van der Waals surface area contributed by atoms with Gasteiger partial charge < -0.3 is 10.0 Å². The Hall–Kier alpha value is -1.82. The summed E-state index contributed by atoms with van der Waals surface area (Å²) in [5.41, 5.74) is 1.47. The molecule has 88 valence electrons. The molecule has 1 atom stereocenters. The molecule has 0 aliphatic carbocycles. The predicted molar refractivity (Wildman–Crippen MR) is 62.6 cm³/mol. The lowest BCUT2D eigenvalue weighted by molar-refractivity contribution is 0.153. The Labute approximate surface area is 98.4 Å². The van der Waals surface area contributed by atoms with Crippen LogP contribution in [-0.4, -0.2) is 44.2 Å². The first-order valence-electron chi connectivity index (χ1n) is 5.69. The van der Waals surface area contributed by atoms with Gasteiger partial charge in [-0.1, -0.05) is 0 Å². The molecule has 1 fully saturated rings. The number of rotatable bonds is 1. The molecule has 6 heteroatoms. The Balaban J connectivity index is 1.94. The number of nitrogens with zero attached hydrogens (tertiary/aromatic N) is 5. The molecule has 1 saturated heterocycles. The van der Waals surface area contributed by atoms with Gasteiger partial charge in [-0.2, -0.15) is 0 Å². The van der Waals surface area contributed by atoms with Crippen LogP contribution in [0.4, 0.5) is 5.95 Å². The van der Waals surface area contributed by atoms with Gasteiger partial charge in [0.15, 0.2) is 0 Å². The van der Waals surface area contributed by atoms with Gasteiger partial charge in [0.05, 0.1) is 18.5 Å². The highest BCUT2D eigenvalue weighted by atomic mass is 16.3. The van der Waals surface area contributed by atoms with Crippen LogP contribution in [-0.2, 0) is 0 Å². The molecule has 6 nitrogen and oxygen atoms in total. The van der Waals surface area contributed by atoms with Gasteiger partial charge in [-0.15, -0.1) is 0 Å². The van der Waals surface area contributed by atoms with Crippen molar-refractivity contribution in [1.82, 2.24) is 19.9 Å². The third kappa shape index (κ3) is 2.03. The number of β-amino-alcohol motifs (C(OH)–C–C–N with tert-alkyl or cyclic N) is 1. The molecule has 0 spiro atoms. The molecule has 1 aliphatic rings. The number of aliphatic hydroxyl groups excluding tert-OH is 1. The van der Waals surface area contributed by atoms with Crippen LogP contribution in [0.15, 0.2) is 18.7 Å². The molecule has 1 N–H and O–H groups in total. The van der Waals surface area contributed by atoms with Gasteiger partial charge in [-0.05, 0) is 12.8 Å². The van der Waals surface area contributed by atoms with Crippen molar-refractivity contribution in [2.45, 2.75) is 18.9 Å². The maximum absolute atomic E-state index is 9.63. The predicted octanol–water partition coefficient (Wildman–Crippen LogP) is 0.381. The van der Waals surface area contributed by atoms with Crippen molar-refractivity contribution >= 4 is 17.0 Å². The molecular weight excluding hydrogens is 218 g/mol. The first-order valence-corrected chi connectivity index (χ1v) is 5.69. The number of hydrogen-bond acceptors (Lipinski definition) is 6. The van der Waals surface area contributed by atoms with E-state index >= 15 is 0 Å². The van der Waals surface area contributed by atoms with E-state index < -0.39 is 0 Å². The molecule has 2 aromatic heterocycles. The van der Waals surface area contributed by atoms with Crippen molar-refractivity contribution in [2.24, 2.45) is 0 Å². The summed E-state index contributed by atoms with van der Waals surface area (Å²) < 4.78 is 0. The minimum absolute atomic E-state index is 0.282. The van der Waals surface area contributed by atoms with Gasteiger partial charge in [-0.25, -0.2) is 19.9 Å². The summed E-state index contributed by atoms with van der Waals surface area (Å²) in [5.74, 6) is 0.644. The minimum Gasteiger partial charge on any atom is -0.391 e. The van der Waals surface area contributed by atoms with Crippen LogP contribution in [0, 0.1) is 0 Å². The van der Waals surface area contributed by atoms with E-state index in [-0.39, 0.29) is 6.10 Å². The summed E-state index contributed by atoms with van der Waals surface area (Å²) in [6.45, 7) is 1.48. The number of anilines is 1. The van der Waals surface area contributed by atoms with Crippen molar-refractivity contribution in [3.63, 3.8) is 0 Å². The lowest BCUT2D eigenvalue weighted by Crippen LogP contribution is -2.39. The maximum Gasteiger partial charge on any atom is 0.226 e. The number of fused-ring (bicyclic) bond motifs is 1. The van der Waals surface area contributed by atoms with Crippen molar-refractivity contribution in [3.8, 4) is 0 Å². The molecule has 0 saturated carbocycles. The monoisotopic (exact) mass is 231 g/mol. The molecule has 0 amide bonds. The number of hydrogen-bond donors (Lipinski definition) is 1. The second kappa shape index (κ2) is 4.21. The third-order valence-corrected chi connectivity index (χ3v) is 2.92. The van der Waals surface area contributed by atoms with Crippen molar-refractivity contribution in [3.05, 3.63) is 18.7 Å². The molecule has 0 aromatic carbocycles. The Morgan fingerprint density at radius 1 is 1.24 bits per heavy atom. The van der Waals surface area contributed by atoms with E-state index in [1.807, 2.05) is 4.90 Å². The fourth-order valence-corrected chi connectivity index (χ4v) is 2.06. The van der Waals surface area contributed by atoms with E-state index in [2.05, 4.69) is 19.9 Å². The fourth-order valence-electron chi connectivity index (χ4n) is 2.06. The molecular formula is C11H13N5O. The van der Waals surface area contributed by atoms with Gasteiger partial charge in [0, 0.05) is 13.1 Å². The first-order chi connectivity index (χ1) is 8.33. The number of aliphatic hydroxyl groups is 1. The van der Waals surface area contributed by atoms with Crippen LogP contribution in [0.3, 0.4) is 0 Å². The summed E-state index contributed by atoms with van der Waals surface area (Å²) in [7, 11) is 0. The lowest BCUT2D eigenvalue weighted by atomic mass is 10.1. The standard InChI is InChI=1S/C11H13N5O/c17-8-2-1-3-16(6-8)11-13-5-9-10(15-11)4-12-7-14-9/h4-5,7-8,17H,1-3,6H2. The second-order valence-electron chi connectivity index (χ2n) is 4.21. The molecule has 17 heavy (non-hydrogen) atoms. The third-order valence-electron chi connectivity index (χ3n) is 2.92. The molecule has 2 aromatic rings. The average Bonchev–Trinajstić information content (AvgIpc) is 2.38. The quantitative estimate of drug-likeness (QED) is 0.764. The van der Waals surface area contributed by atoms with Crippen molar-refractivity contribution < 1.29 is 5.11 Å². The zero-order valence-electron chi connectivity index (χ0n) is 9.32. The van der Waals surface area contributed by atoms with Gasteiger partial charge in [0.2, 0.25) is 5.95 Å². The van der Waals surface area contributed by atoms with E-state index in [0.717, 1.165) is 30.4 Å². The maximum atomic E-state index is 9.63. The largest absolute Gasteiger partial charge is 0.391 e. The smallest absolute Gasteiger partial charge is 0.226 e. The highest BCUT2D eigenvalue weighted by Gasteiger charge is 2.19. The molecule has 0 radical (unpaired) electrons. The van der Waals surface area contributed by atoms with Gasteiger partial charge in [0.25, 0.3) is 0 Å². The lowest BCUT2D eigenvalue weighted by Gasteiger charge is -2.29. The Morgan fingerprint density at radius 3 is 3.06 bits per heavy atom. The van der Waals surface area contributed by atoms with E-state index in [9.17, 15) is 5.11 Å². The Kier molecular flexibility index (Phi) is 2.56. The summed E-state index contributed by atoms with van der Waals surface area (Å²) in [5, 5.41) is 9.63. The average molecular weight is 231 g/mol. The Morgan fingerprint density at radius 2 is 2.18 bits per heavy atom.